The largest absolute Gasteiger partial charge is 0.413 e. The highest BCUT2D eigenvalue weighted by atomic mass is 32.2. The fourth-order valence-corrected chi connectivity index (χ4v) is 3.38. The summed E-state index contributed by atoms with van der Waals surface area (Å²) in [5, 5.41) is 9.40. The molecule has 1 aliphatic carbocycles. The van der Waals surface area contributed by atoms with Crippen LogP contribution in [0.25, 0.3) is 12.5 Å². The van der Waals surface area contributed by atoms with E-state index in [1.165, 1.54) is 31.0 Å². The molecule has 5 nitrogen and oxygen atoms in total. The molecule has 6 heteroatoms. The van der Waals surface area contributed by atoms with Crippen molar-refractivity contribution in [3.8, 4) is 0 Å². The predicted octanol–water partition coefficient (Wildman–Crippen LogP) is 1.24. The molecule has 1 heterocycles. The van der Waals surface area contributed by atoms with Crippen LogP contribution in [0.5, 0.6) is 0 Å². The Morgan fingerprint density at radius 1 is 1.35 bits per heavy atom. The van der Waals surface area contributed by atoms with Gasteiger partial charge < -0.3 is 10.1 Å². The van der Waals surface area contributed by atoms with Gasteiger partial charge in [0.25, 0.3) is 5.23 Å². The number of nitrogens with one attached hydrogen (secondary N) is 2. The molecule has 1 fully saturated rings. The Morgan fingerprint density at radius 2 is 2.13 bits per heavy atom. The van der Waals surface area contributed by atoms with Crippen molar-refractivity contribution in [2.24, 2.45) is 5.10 Å². The Morgan fingerprint density at radius 3 is 2.91 bits per heavy atom. The molecule has 122 valence electrons. The van der Waals surface area contributed by atoms with Crippen LogP contribution in [0.4, 0.5) is 0 Å². The molecule has 0 unspecified atom stereocenters. The normalized spacial score (nSPS) is 20.4. The first-order valence-corrected chi connectivity index (χ1v) is 8.93. The van der Waals surface area contributed by atoms with Gasteiger partial charge in [0.1, 0.15) is 0 Å². The van der Waals surface area contributed by atoms with E-state index in [4.69, 9.17) is 4.74 Å². The summed E-state index contributed by atoms with van der Waals surface area (Å²) >= 11 is 1.30. The van der Waals surface area contributed by atoms with E-state index in [1.807, 2.05) is 24.3 Å². The molecular formula is C17H21N3O2S. The van der Waals surface area contributed by atoms with Gasteiger partial charge in [-0.1, -0.05) is 55.8 Å². The quantitative estimate of drug-likeness (QED) is 0.875. The number of carbonyl (C=O) groups is 1. The van der Waals surface area contributed by atoms with E-state index in [0.29, 0.717) is 22.9 Å². The number of benzene rings is 1. The van der Waals surface area contributed by atoms with Crippen LogP contribution >= 0.6 is 11.8 Å². The predicted molar refractivity (Wildman–Crippen MR) is 93.8 cm³/mol. The summed E-state index contributed by atoms with van der Waals surface area (Å²) in [5.41, 5.74) is 2.86. The first-order valence-electron chi connectivity index (χ1n) is 7.94. The zero-order valence-electron chi connectivity index (χ0n) is 13.0. The highest BCUT2D eigenvalue weighted by molar-refractivity contribution is 8.14. The first kappa shape index (κ1) is 15.9. The second kappa shape index (κ2) is 7.55. The number of nitrogens with zero attached hydrogens (tertiary/aromatic N) is 1. The molecular weight excluding hydrogens is 310 g/mol. The number of hydrogen-bond donors (Lipinski definition) is 2. The molecule has 0 saturated heterocycles. The third-order valence-electron chi connectivity index (χ3n) is 4.00. The van der Waals surface area contributed by atoms with Crippen molar-refractivity contribution in [1.29, 1.82) is 0 Å². The smallest absolute Gasteiger partial charge is 0.275 e. The van der Waals surface area contributed by atoms with Crippen molar-refractivity contribution in [1.82, 2.24) is 10.7 Å². The van der Waals surface area contributed by atoms with E-state index in [-0.39, 0.29) is 5.91 Å². The molecule has 0 spiro atoms. The van der Waals surface area contributed by atoms with E-state index in [9.17, 15) is 4.79 Å². The number of thioether (sulfide) groups is 1. The maximum Gasteiger partial charge on any atom is 0.275 e. The third-order valence-corrected chi connectivity index (χ3v) is 4.83. The van der Waals surface area contributed by atoms with E-state index in [2.05, 4.69) is 22.4 Å². The highest BCUT2D eigenvalue weighted by Gasteiger charge is 2.19. The minimum absolute atomic E-state index is 0.0409. The molecule has 1 aromatic carbocycles. The fraction of sp³-hybridized carbons (Fsp3) is 0.412. The minimum atomic E-state index is 0.0409. The van der Waals surface area contributed by atoms with Crippen LogP contribution in [0.1, 0.15) is 32.1 Å². The van der Waals surface area contributed by atoms with Gasteiger partial charge in [0.05, 0.1) is 5.75 Å². The molecule has 23 heavy (non-hydrogen) atoms. The van der Waals surface area contributed by atoms with E-state index in [0.717, 1.165) is 23.3 Å². The van der Waals surface area contributed by atoms with Crippen LogP contribution in [0.3, 0.4) is 0 Å². The summed E-state index contributed by atoms with van der Waals surface area (Å²) in [4.78, 5) is 12.0. The molecule has 2 aliphatic rings. The number of hydrogen-bond acceptors (Lipinski definition) is 5. The van der Waals surface area contributed by atoms with Gasteiger partial charge in [-0.15, -0.1) is 5.10 Å². The van der Waals surface area contributed by atoms with E-state index < -0.39 is 0 Å². The number of rotatable bonds is 3. The average molecular weight is 331 g/mol. The lowest BCUT2D eigenvalue weighted by molar-refractivity contribution is -0.119. The number of hydrazone groups is 1. The third kappa shape index (κ3) is 4.28. The van der Waals surface area contributed by atoms with Crippen LogP contribution in [-0.2, 0) is 9.53 Å². The van der Waals surface area contributed by atoms with Gasteiger partial charge in [-0.2, -0.15) is 0 Å². The van der Waals surface area contributed by atoms with Crippen LogP contribution in [0.15, 0.2) is 29.4 Å². The van der Waals surface area contributed by atoms with Gasteiger partial charge in [0, 0.05) is 11.3 Å². The Bertz CT molecular complexity index is 711. The van der Waals surface area contributed by atoms with Gasteiger partial charge in [-0.25, -0.2) is 5.43 Å². The Hall–Kier alpha value is -1.95. The summed E-state index contributed by atoms with van der Waals surface area (Å²) < 4.78 is 5.67. The van der Waals surface area contributed by atoms with Crippen LogP contribution in [0, 0.1) is 0 Å². The summed E-state index contributed by atoms with van der Waals surface area (Å²) in [6.07, 6.45) is 5.88. The summed E-state index contributed by atoms with van der Waals surface area (Å²) in [5.74, 6) is 0.918. The molecule has 1 amide bonds. The molecule has 3 rings (SSSR count). The second-order valence-corrected chi connectivity index (χ2v) is 6.70. The highest BCUT2D eigenvalue weighted by Crippen LogP contribution is 2.18. The van der Waals surface area contributed by atoms with Gasteiger partial charge in [-0.05, 0) is 24.1 Å². The van der Waals surface area contributed by atoms with E-state index in [1.54, 1.807) is 0 Å². The zero-order chi connectivity index (χ0) is 16.1. The summed E-state index contributed by atoms with van der Waals surface area (Å²) in [7, 11) is 0. The lowest BCUT2D eigenvalue weighted by atomic mass is 9.95. The minimum Gasteiger partial charge on any atom is -0.413 e. The van der Waals surface area contributed by atoms with Crippen LogP contribution < -0.4 is 21.2 Å². The Balaban J connectivity index is 1.50. The van der Waals surface area contributed by atoms with Crippen LogP contribution in [-0.4, -0.2) is 22.9 Å². The average Bonchev–Trinajstić information content (AvgIpc) is 3.03. The number of carbonyl (C=O) groups excluding carboxylic acids is 1. The van der Waals surface area contributed by atoms with Crippen molar-refractivity contribution >= 4 is 35.4 Å². The van der Waals surface area contributed by atoms with Crippen molar-refractivity contribution < 1.29 is 9.53 Å². The SMILES string of the molecule is C=c1ccccc1=C1NN=C(SCC(=O)NC2CCCCC2)O1. The van der Waals surface area contributed by atoms with Gasteiger partial charge in [0.2, 0.25) is 11.8 Å². The van der Waals surface area contributed by atoms with Gasteiger partial charge >= 0.3 is 0 Å². The Kier molecular flexibility index (Phi) is 5.23. The van der Waals surface area contributed by atoms with Crippen molar-refractivity contribution in [2.75, 3.05) is 5.75 Å². The monoisotopic (exact) mass is 331 g/mol. The lowest BCUT2D eigenvalue weighted by Crippen LogP contribution is -2.37. The van der Waals surface area contributed by atoms with Crippen molar-refractivity contribution in [2.45, 2.75) is 38.1 Å². The molecule has 1 aliphatic heterocycles. The summed E-state index contributed by atoms with van der Waals surface area (Å²) in [6.45, 7) is 3.97. The topological polar surface area (TPSA) is 62.7 Å². The molecule has 2 N–H and O–H groups in total. The second-order valence-electron chi connectivity index (χ2n) is 5.77. The molecule has 0 bridgehead atoms. The van der Waals surface area contributed by atoms with Gasteiger partial charge in [0.15, 0.2) is 0 Å². The molecule has 0 radical (unpaired) electrons. The molecule has 0 atom stereocenters. The zero-order valence-corrected chi connectivity index (χ0v) is 13.8. The maximum atomic E-state index is 12.0. The maximum absolute atomic E-state index is 12.0. The number of amides is 1. The Labute approximate surface area is 139 Å². The van der Waals surface area contributed by atoms with E-state index >= 15 is 0 Å². The first-order chi connectivity index (χ1) is 11.2. The molecule has 1 saturated carbocycles. The van der Waals surface area contributed by atoms with Crippen LogP contribution in [0.2, 0.25) is 0 Å². The van der Waals surface area contributed by atoms with Gasteiger partial charge in [-0.3, -0.25) is 4.79 Å². The standard InChI is InChI=1S/C17H21N3O2S/c1-12-7-5-6-10-14(12)16-19-20-17(22-16)23-11-15(21)18-13-8-3-2-4-9-13/h5-7,10,13,19H,1-4,8-9,11H2,(H,18,21). The molecule has 1 aromatic rings. The fourth-order valence-electron chi connectivity index (χ4n) is 2.79. The molecule has 0 aromatic heterocycles. The summed E-state index contributed by atoms with van der Waals surface area (Å²) in [6, 6.07) is 8.01. The van der Waals surface area contributed by atoms with Crippen molar-refractivity contribution in [3.63, 3.8) is 0 Å². The number of ether oxygens (including phenoxy) is 1. The van der Waals surface area contributed by atoms with Crippen molar-refractivity contribution in [3.05, 3.63) is 34.7 Å². The lowest BCUT2D eigenvalue weighted by Gasteiger charge is -2.22.